The summed E-state index contributed by atoms with van der Waals surface area (Å²) in [4.78, 5) is 23.6. The Hall–Kier alpha value is -1.27. The van der Waals surface area contributed by atoms with Crippen LogP contribution in [0.2, 0.25) is 0 Å². The Morgan fingerprint density at radius 1 is 1.43 bits per heavy atom. The molecule has 3 atom stereocenters. The number of hydrogen-bond donors (Lipinski definition) is 0. The maximum absolute atomic E-state index is 13.1. The summed E-state index contributed by atoms with van der Waals surface area (Å²) in [5, 5.41) is 0. The van der Waals surface area contributed by atoms with Crippen molar-refractivity contribution in [3.05, 3.63) is 0 Å². The second-order valence-electron chi connectivity index (χ2n) is 6.04. The van der Waals surface area contributed by atoms with Crippen molar-refractivity contribution in [2.75, 3.05) is 0 Å². The topological polar surface area (TPSA) is 52.6 Å². The number of esters is 2. The molecular formula is C14H19F3O4. The average molecular weight is 308 g/mol. The zero-order chi connectivity index (χ0) is 15.9. The van der Waals surface area contributed by atoms with Crippen LogP contribution in [0.4, 0.5) is 13.2 Å². The highest BCUT2D eigenvalue weighted by Gasteiger charge is 2.61. The van der Waals surface area contributed by atoms with Gasteiger partial charge < -0.3 is 9.47 Å². The van der Waals surface area contributed by atoms with Crippen LogP contribution in [0.1, 0.15) is 52.4 Å². The minimum absolute atomic E-state index is 0.152. The molecule has 0 aromatic carbocycles. The summed E-state index contributed by atoms with van der Waals surface area (Å²) in [6.07, 6.45) is -3.47. The Kier molecular flexibility index (Phi) is 3.97. The van der Waals surface area contributed by atoms with Gasteiger partial charge in [0, 0.05) is 0 Å². The molecule has 1 aliphatic carbocycles. The van der Waals surface area contributed by atoms with Gasteiger partial charge in [0.25, 0.3) is 0 Å². The molecule has 1 aliphatic heterocycles. The fourth-order valence-electron chi connectivity index (χ4n) is 2.90. The minimum Gasteiger partial charge on any atom is -0.458 e. The highest BCUT2D eigenvalue weighted by atomic mass is 19.4. The monoisotopic (exact) mass is 308 g/mol. The van der Waals surface area contributed by atoms with Crippen LogP contribution in [-0.2, 0) is 19.1 Å². The Balaban J connectivity index is 2.23. The predicted octanol–water partition coefficient (Wildman–Crippen LogP) is 3.14. The third kappa shape index (κ3) is 2.62. The van der Waals surface area contributed by atoms with Crippen molar-refractivity contribution < 1.29 is 32.2 Å². The summed E-state index contributed by atoms with van der Waals surface area (Å²) < 4.78 is 49.7. The number of hydrogen-bond acceptors (Lipinski definition) is 4. The zero-order valence-corrected chi connectivity index (χ0v) is 12.1. The number of alkyl halides is 3. The highest BCUT2D eigenvalue weighted by Crippen LogP contribution is 2.47. The van der Waals surface area contributed by atoms with E-state index in [1.807, 2.05) is 0 Å². The van der Waals surface area contributed by atoms with E-state index in [1.54, 1.807) is 0 Å². The number of carbonyl (C=O) groups is 2. The molecule has 0 aromatic rings. The largest absolute Gasteiger partial charge is 0.458 e. The SMILES string of the molecule is CCC(C)(C(=O)OC12CCCCC1OC(=O)C2)C(F)(F)F. The molecular weight excluding hydrogens is 289 g/mol. The van der Waals surface area contributed by atoms with Gasteiger partial charge in [-0.05, 0) is 39.0 Å². The summed E-state index contributed by atoms with van der Waals surface area (Å²) in [5.74, 6) is -1.83. The van der Waals surface area contributed by atoms with E-state index in [4.69, 9.17) is 9.47 Å². The molecule has 1 heterocycles. The van der Waals surface area contributed by atoms with E-state index in [0.29, 0.717) is 19.3 Å². The smallest absolute Gasteiger partial charge is 0.404 e. The molecule has 0 radical (unpaired) electrons. The van der Waals surface area contributed by atoms with Gasteiger partial charge in [-0.3, -0.25) is 9.59 Å². The third-order valence-corrected chi connectivity index (χ3v) is 4.70. The fourth-order valence-corrected chi connectivity index (χ4v) is 2.90. The van der Waals surface area contributed by atoms with E-state index in [1.165, 1.54) is 6.92 Å². The van der Waals surface area contributed by atoms with Crippen molar-refractivity contribution in [2.45, 2.75) is 70.3 Å². The number of carbonyl (C=O) groups excluding carboxylic acids is 2. The molecule has 2 rings (SSSR count). The molecule has 7 heteroatoms. The van der Waals surface area contributed by atoms with Gasteiger partial charge in [-0.25, -0.2) is 0 Å². The van der Waals surface area contributed by atoms with Crippen LogP contribution in [0.25, 0.3) is 0 Å². The number of ether oxygens (including phenoxy) is 2. The van der Waals surface area contributed by atoms with Crippen molar-refractivity contribution >= 4 is 11.9 Å². The normalized spacial score (nSPS) is 32.0. The van der Waals surface area contributed by atoms with Crippen molar-refractivity contribution in [3.8, 4) is 0 Å². The van der Waals surface area contributed by atoms with E-state index >= 15 is 0 Å². The highest BCUT2D eigenvalue weighted by molar-refractivity contribution is 5.80. The molecule has 4 nitrogen and oxygen atoms in total. The molecule has 1 saturated heterocycles. The Labute approximate surface area is 121 Å². The van der Waals surface area contributed by atoms with Crippen LogP contribution in [0, 0.1) is 5.41 Å². The van der Waals surface area contributed by atoms with Crippen molar-refractivity contribution in [2.24, 2.45) is 5.41 Å². The summed E-state index contributed by atoms with van der Waals surface area (Å²) in [6.45, 7) is 2.13. The Bertz CT molecular complexity index is 448. The van der Waals surface area contributed by atoms with Gasteiger partial charge >= 0.3 is 18.1 Å². The predicted molar refractivity (Wildman–Crippen MR) is 66.2 cm³/mol. The molecule has 0 amide bonds. The summed E-state index contributed by atoms with van der Waals surface area (Å²) >= 11 is 0. The second kappa shape index (κ2) is 5.18. The Morgan fingerprint density at radius 3 is 2.67 bits per heavy atom. The lowest BCUT2D eigenvalue weighted by molar-refractivity contribution is -0.241. The molecule has 2 fully saturated rings. The van der Waals surface area contributed by atoms with E-state index < -0.39 is 41.7 Å². The minimum atomic E-state index is -4.69. The second-order valence-corrected chi connectivity index (χ2v) is 6.04. The standard InChI is InChI=1S/C14H19F3O4/c1-3-12(2,14(15,16)17)11(19)21-13-7-5-4-6-9(13)20-10(18)8-13/h9H,3-8H2,1-2H3. The van der Waals surface area contributed by atoms with E-state index in [2.05, 4.69) is 0 Å². The number of rotatable bonds is 3. The maximum Gasteiger partial charge on any atom is 0.404 e. The summed E-state index contributed by atoms with van der Waals surface area (Å²) in [5.41, 5.74) is -3.77. The molecule has 120 valence electrons. The van der Waals surface area contributed by atoms with Crippen LogP contribution < -0.4 is 0 Å². The van der Waals surface area contributed by atoms with Gasteiger partial charge in [0.15, 0.2) is 11.0 Å². The van der Waals surface area contributed by atoms with Gasteiger partial charge in [-0.2, -0.15) is 13.2 Å². The van der Waals surface area contributed by atoms with Gasteiger partial charge in [0.2, 0.25) is 0 Å². The van der Waals surface area contributed by atoms with Gasteiger partial charge in [-0.15, -0.1) is 0 Å². The Morgan fingerprint density at radius 2 is 2.10 bits per heavy atom. The molecule has 2 aliphatic rings. The lowest BCUT2D eigenvalue weighted by Crippen LogP contribution is -2.51. The van der Waals surface area contributed by atoms with E-state index in [0.717, 1.165) is 13.3 Å². The molecule has 21 heavy (non-hydrogen) atoms. The molecule has 0 N–H and O–H groups in total. The molecule has 0 bridgehead atoms. The lowest BCUT2D eigenvalue weighted by Gasteiger charge is -2.39. The third-order valence-electron chi connectivity index (χ3n) is 4.70. The van der Waals surface area contributed by atoms with Crippen molar-refractivity contribution in [1.29, 1.82) is 0 Å². The summed E-state index contributed by atoms with van der Waals surface area (Å²) in [6, 6.07) is 0. The molecule has 3 unspecified atom stereocenters. The van der Waals surface area contributed by atoms with Crippen LogP contribution in [0.15, 0.2) is 0 Å². The first-order chi connectivity index (χ1) is 9.64. The first-order valence-electron chi connectivity index (χ1n) is 7.14. The quantitative estimate of drug-likeness (QED) is 0.752. The van der Waals surface area contributed by atoms with E-state index in [9.17, 15) is 22.8 Å². The van der Waals surface area contributed by atoms with Crippen molar-refractivity contribution in [3.63, 3.8) is 0 Å². The van der Waals surface area contributed by atoms with Gasteiger partial charge in [0.05, 0.1) is 6.42 Å². The lowest BCUT2D eigenvalue weighted by atomic mass is 9.80. The van der Waals surface area contributed by atoms with Gasteiger partial charge in [0.1, 0.15) is 6.10 Å². The number of halogens is 3. The summed E-state index contributed by atoms with van der Waals surface area (Å²) in [7, 11) is 0. The maximum atomic E-state index is 13.1. The van der Waals surface area contributed by atoms with Crippen LogP contribution in [0.5, 0.6) is 0 Å². The number of fused-ring (bicyclic) bond motifs is 1. The van der Waals surface area contributed by atoms with Crippen LogP contribution in [-0.4, -0.2) is 29.8 Å². The van der Waals surface area contributed by atoms with Gasteiger partial charge in [-0.1, -0.05) is 6.92 Å². The van der Waals surface area contributed by atoms with Crippen LogP contribution in [0.3, 0.4) is 0 Å². The van der Waals surface area contributed by atoms with E-state index in [-0.39, 0.29) is 6.42 Å². The van der Waals surface area contributed by atoms with Crippen LogP contribution >= 0.6 is 0 Å². The zero-order valence-electron chi connectivity index (χ0n) is 12.1. The first kappa shape index (κ1) is 16.1. The molecule has 0 aromatic heterocycles. The molecule has 1 saturated carbocycles. The average Bonchev–Trinajstić information content (AvgIpc) is 2.71. The first-order valence-corrected chi connectivity index (χ1v) is 7.14. The molecule has 0 spiro atoms. The fraction of sp³-hybridized carbons (Fsp3) is 0.857. The van der Waals surface area contributed by atoms with Crippen molar-refractivity contribution in [1.82, 2.24) is 0 Å².